The molecule has 6 heteroatoms. The van der Waals surface area contributed by atoms with Crippen molar-refractivity contribution in [2.45, 2.75) is 83.3 Å². The molecule has 2 aliphatic carbocycles. The summed E-state index contributed by atoms with van der Waals surface area (Å²) in [5.74, 6) is -1.20. The van der Waals surface area contributed by atoms with Crippen LogP contribution in [-0.2, 0) is 14.3 Å². The van der Waals surface area contributed by atoms with Gasteiger partial charge in [0.05, 0.1) is 18.3 Å². The Labute approximate surface area is 172 Å². The van der Waals surface area contributed by atoms with Crippen LogP contribution in [0.25, 0.3) is 0 Å². The summed E-state index contributed by atoms with van der Waals surface area (Å²) in [5.41, 5.74) is -1.25. The minimum Gasteiger partial charge on any atom is -0.390 e. The van der Waals surface area contributed by atoms with Crippen molar-refractivity contribution in [1.82, 2.24) is 5.32 Å². The first kappa shape index (κ1) is 20.8. The minimum atomic E-state index is -1.39. The number of fused-ring (bicyclic) bond motifs is 1. The number of hydrogen-bond acceptors (Lipinski definition) is 5. The highest BCUT2D eigenvalue weighted by Gasteiger charge is 2.67. The quantitative estimate of drug-likeness (QED) is 0.372. The van der Waals surface area contributed by atoms with Gasteiger partial charge in [0.2, 0.25) is 5.91 Å². The minimum absolute atomic E-state index is 0.0840. The predicted molar refractivity (Wildman–Crippen MR) is 108 cm³/mol. The van der Waals surface area contributed by atoms with Gasteiger partial charge in [0.25, 0.3) is 0 Å². The van der Waals surface area contributed by atoms with E-state index in [0.29, 0.717) is 12.3 Å². The van der Waals surface area contributed by atoms with Crippen LogP contribution >= 0.6 is 0 Å². The van der Waals surface area contributed by atoms with Crippen molar-refractivity contribution in [2.24, 2.45) is 23.2 Å². The summed E-state index contributed by atoms with van der Waals surface area (Å²) in [6.45, 7) is 7.93. The van der Waals surface area contributed by atoms with Gasteiger partial charge in [-0.2, -0.15) is 0 Å². The van der Waals surface area contributed by atoms with E-state index in [2.05, 4.69) is 19.2 Å². The van der Waals surface area contributed by atoms with Crippen LogP contribution in [0.4, 0.5) is 0 Å². The van der Waals surface area contributed by atoms with E-state index in [4.69, 9.17) is 4.74 Å². The third-order valence-corrected chi connectivity index (χ3v) is 7.55. The van der Waals surface area contributed by atoms with E-state index in [9.17, 15) is 19.8 Å². The Morgan fingerprint density at radius 3 is 2.72 bits per heavy atom. The molecule has 3 N–H and O–H groups in total. The summed E-state index contributed by atoms with van der Waals surface area (Å²) in [4.78, 5) is 27.3. The number of nitrogens with one attached hydrogen (secondary N) is 1. The monoisotopic (exact) mass is 403 g/mol. The Balaban J connectivity index is 1.82. The summed E-state index contributed by atoms with van der Waals surface area (Å²) in [5, 5.41) is 24.8. The molecule has 0 aromatic rings. The second kappa shape index (κ2) is 7.03. The molecule has 6 nitrogen and oxygen atoms in total. The number of epoxide rings is 1. The Morgan fingerprint density at radius 1 is 1.31 bits per heavy atom. The third kappa shape index (κ3) is 3.03. The molecule has 2 saturated heterocycles. The van der Waals surface area contributed by atoms with E-state index in [0.717, 1.165) is 18.4 Å². The number of amides is 1. The SMILES string of the molecule is CC1=C[C@H](O)[C@H]2/C=C/CC[C@H]3O[C@@]3(C)[C@H](O)CC(=O)[C@]23C(=O)N[C@@H](CC(C)C)[C@H]13. The molecule has 29 heavy (non-hydrogen) atoms. The number of carbonyl (C=O) groups excluding carboxylic acids is 2. The maximum atomic E-state index is 13.8. The molecule has 4 aliphatic rings. The average molecular weight is 404 g/mol. The van der Waals surface area contributed by atoms with Crippen LogP contribution in [0.1, 0.15) is 53.4 Å². The Bertz CT molecular complexity index is 773. The maximum Gasteiger partial charge on any atom is 0.235 e. The number of aliphatic hydroxyl groups is 2. The molecule has 0 aromatic carbocycles. The van der Waals surface area contributed by atoms with Crippen molar-refractivity contribution < 1.29 is 24.5 Å². The lowest BCUT2D eigenvalue weighted by atomic mass is 9.55. The van der Waals surface area contributed by atoms with Crippen molar-refractivity contribution in [3.8, 4) is 0 Å². The van der Waals surface area contributed by atoms with Crippen LogP contribution in [-0.4, -0.2) is 51.9 Å². The molecule has 0 aromatic heterocycles. The normalized spacial score (nSPS) is 48.0. The van der Waals surface area contributed by atoms with Gasteiger partial charge in [0, 0.05) is 24.3 Å². The van der Waals surface area contributed by atoms with Crippen molar-refractivity contribution in [3.05, 3.63) is 23.8 Å². The number of allylic oxidation sites excluding steroid dienone is 1. The fourth-order valence-electron chi connectivity index (χ4n) is 6.01. The summed E-state index contributed by atoms with van der Waals surface area (Å²) in [7, 11) is 0. The molecule has 2 heterocycles. The molecule has 0 radical (unpaired) electrons. The highest BCUT2D eigenvalue weighted by atomic mass is 16.6. The number of hydrogen-bond donors (Lipinski definition) is 3. The summed E-state index contributed by atoms with van der Waals surface area (Å²) in [6, 6.07) is -0.158. The van der Waals surface area contributed by atoms with Crippen LogP contribution in [0, 0.1) is 23.2 Å². The third-order valence-electron chi connectivity index (χ3n) is 7.55. The van der Waals surface area contributed by atoms with Crippen molar-refractivity contribution >= 4 is 11.7 Å². The zero-order chi connectivity index (χ0) is 21.1. The first-order valence-electron chi connectivity index (χ1n) is 10.9. The molecular formula is C23H33NO5. The lowest BCUT2D eigenvalue weighted by Gasteiger charge is -2.44. The van der Waals surface area contributed by atoms with E-state index in [-0.39, 0.29) is 36.2 Å². The highest BCUT2D eigenvalue weighted by Crippen LogP contribution is 2.55. The van der Waals surface area contributed by atoms with Gasteiger partial charge in [0.15, 0.2) is 5.78 Å². The van der Waals surface area contributed by atoms with Crippen LogP contribution in [0.3, 0.4) is 0 Å². The van der Waals surface area contributed by atoms with E-state index in [1.165, 1.54) is 0 Å². The van der Waals surface area contributed by atoms with Crippen LogP contribution < -0.4 is 5.32 Å². The van der Waals surface area contributed by atoms with Gasteiger partial charge in [-0.15, -0.1) is 0 Å². The first-order chi connectivity index (χ1) is 13.6. The van der Waals surface area contributed by atoms with Crippen molar-refractivity contribution in [2.75, 3.05) is 0 Å². The predicted octanol–water partition coefficient (Wildman–Crippen LogP) is 1.90. The fourth-order valence-corrected chi connectivity index (χ4v) is 6.01. The van der Waals surface area contributed by atoms with Gasteiger partial charge in [0.1, 0.15) is 11.0 Å². The van der Waals surface area contributed by atoms with Gasteiger partial charge >= 0.3 is 0 Å². The van der Waals surface area contributed by atoms with E-state index in [1.54, 1.807) is 6.08 Å². The Hall–Kier alpha value is -1.50. The van der Waals surface area contributed by atoms with Gasteiger partial charge in [-0.05, 0) is 39.0 Å². The zero-order valence-electron chi connectivity index (χ0n) is 17.7. The summed E-state index contributed by atoms with van der Waals surface area (Å²) in [6.07, 6.45) is 5.73. The average Bonchev–Trinajstić information content (AvgIpc) is 3.19. The molecule has 4 rings (SSSR count). The molecule has 0 saturated carbocycles. The second-order valence-electron chi connectivity index (χ2n) is 9.92. The second-order valence-corrected chi connectivity index (χ2v) is 9.92. The molecule has 160 valence electrons. The lowest BCUT2D eigenvalue weighted by Crippen LogP contribution is -2.55. The lowest BCUT2D eigenvalue weighted by molar-refractivity contribution is -0.149. The van der Waals surface area contributed by atoms with Crippen molar-refractivity contribution in [3.63, 3.8) is 0 Å². The molecule has 2 aliphatic heterocycles. The number of aliphatic hydroxyl groups excluding tert-OH is 2. The van der Waals surface area contributed by atoms with E-state index < -0.39 is 29.1 Å². The van der Waals surface area contributed by atoms with Crippen LogP contribution in [0.5, 0.6) is 0 Å². The van der Waals surface area contributed by atoms with Crippen molar-refractivity contribution in [1.29, 1.82) is 0 Å². The van der Waals surface area contributed by atoms with Crippen LogP contribution in [0.2, 0.25) is 0 Å². The topological polar surface area (TPSA) is 99.2 Å². The summed E-state index contributed by atoms with van der Waals surface area (Å²) >= 11 is 0. The number of carbonyl (C=O) groups is 2. The Kier molecular flexibility index (Phi) is 5.03. The van der Waals surface area contributed by atoms with Gasteiger partial charge < -0.3 is 20.3 Å². The standard InChI is InChI=1S/C23H33NO5/c1-12(2)9-15-20-13(3)10-16(25)14-7-5-6-8-19-22(4,29-19)17(26)11-18(27)23(14,20)21(28)24-15/h5,7,10,12,14-17,19-20,25-26H,6,8-9,11H2,1-4H3,(H,24,28)/b7-5+/t14-,15+,16+,17-,19-,20+,22+,23-/m1/s1. The van der Waals surface area contributed by atoms with Gasteiger partial charge in [-0.1, -0.05) is 37.6 Å². The molecular weight excluding hydrogens is 370 g/mol. The van der Waals surface area contributed by atoms with E-state index >= 15 is 0 Å². The molecule has 1 spiro atoms. The first-order valence-corrected chi connectivity index (χ1v) is 10.9. The van der Waals surface area contributed by atoms with Crippen LogP contribution in [0.15, 0.2) is 23.8 Å². The molecule has 2 fully saturated rings. The van der Waals surface area contributed by atoms with Gasteiger partial charge in [-0.25, -0.2) is 0 Å². The zero-order valence-corrected chi connectivity index (χ0v) is 17.7. The molecule has 1 amide bonds. The Morgan fingerprint density at radius 2 is 2.03 bits per heavy atom. The molecule has 8 atom stereocenters. The highest BCUT2D eigenvalue weighted by molar-refractivity contribution is 6.09. The number of Topliss-reactive ketones (excluding diaryl/α,β-unsaturated/α-hetero) is 1. The van der Waals surface area contributed by atoms with E-state index in [1.807, 2.05) is 26.0 Å². The van der Waals surface area contributed by atoms with Gasteiger partial charge in [-0.3, -0.25) is 9.59 Å². The number of ether oxygens (including phenoxy) is 1. The number of ketones is 1. The molecule has 0 unspecified atom stereocenters. The number of rotatable bonds is 2. The fraction of sp³-hybridized carbons (Fsp3) is 0.739. The maximum absolute atomic E-state index is 13.8. The smallest absolute Gasteiger partial charge is 0.235 e. The largest absolute Gasteiger partial charge is 0.390 e. The molecule has 0 bridgehead atoms. The summed E-state index contributed by atoms with van der Waals surface area (Å²) < 4.78 is 5.73.